The summed E-state index contributed by atoms with van der Waals surface area (Å²) in [5.74, 6) is -0.357. The van der Waals surface area contributed by atoms with Gasteiger partial charge in [-0.05, 0) is 57.2 Å². The number of carbonyl (C=O) groups is 1. The zero-order valence-corrected chi connectivity index (χ0v) is 15.5. The minimum absolute atomic E-state index is 0.146. The van der Waals surface area contributed by atoms with Crippen LogP contribution in [0.5, 0.6) is 0 Å². The molecule has 0 saturated carbocycles. The molecule has 3 rings (SSSR count). The van der Waals surface area contributed by atoms with Gasteiger partial charge in [0, 0.05) is 23.6 Å². The largest absolute Gasteiger partial charge is 0.321 e. The van der Waals surface area contributed by atoms with Gasteiger partial charge in [-0.25, -0.2) is 18.1 Å². The molecular formula is C18H20N4O3S. The minimum Gasteiger partial charge on any atom is -0.321 e. The maximum atomic E-state index is 12.4. The van der Waals surface area contributed by atoms with Crippen LogP contribution < -0.4 is 10.0 Å². The Labute approximate surface area is 152 Å². The van der Waals surface area contributed by atoms with Gasteiger partial charge in [-0.15, -0.1) is 0 Å². The minimum atomic E-state index is -3.56. The number of benzene rings is 1. The van der Waals surface area contributed by atoms with Crippen molar-refractivity contribution in [3.8, 4) is 0 Å². The number of fused-ring (bicyclic) bond motifs is 1. The van der Waals surface area contributed by atoms with E-state index < -0.39 is 10.0 Å². The number of nitrogens with one attached hydrogen (secondary N) is 2. The molecule has 0 aliphatic carbocycles. The summed E-state index contributed by atoms with van der Waals surface area (Å²) in [7, 11) is -3.56. The number of nitrogens with zero attached hydrogens (tertiary/aromatic N) is 2. The van der Waals surface area contributed by atoms with Crippen molar-refractivity contribution in [1.82, 2.24) is 14.1 Å². The maximum absolute atomic E-state index is 12.4. The Morgan fingerprint density at radius 2 is 1.81 bits per heavy atom. The lowest BCUT2D eigenvalue weighted by atomic mass is 10.3. The fourth-order valence-electron chi connectivity index (χ4n) is 2.55. The second-order valence-electron chi connectivity index (χ2n) is 6.28. The summed E-state index contributed by atoms with van der Waals surface area (Å²) in [6, 6.07) is 11.4. The Hall–Kier alpha value is -2.71. The van der Waals surface area contributed by atoms with Crippen molar-refractivity contribution in [1.29, 1.82) is 0 Å². The van der Waals surface area contributed by atoms with E-state index in [4.69, 9.17) is 0 Å². The third kappa shape index (κ3) is 3.76. The molecule has 0 saturated heterocycles. The zero-order chi connectivity index (χ0) is 18.9. The summed E-state index contributed by atoms with van der Waals surface area (Å²) >= 11 is 0. The second-order valence-corrected chi connectivity index (χ2v) is 7.99. The first-order valence-corrected chi connectivity index (χ1v) is 9.63. The first kappa shape index (κ1) is 18.1. The van der Waals surface area contributed by atoms with Crippen LogP contribution in [0.4, 0.5) is 5.69 Å². The van der Waals surface area contributed by atoms with Gasteiger partial charge in [0.1, 0.15) is 11.3 Å². The van der Waals surface area contributed by atoms with E-state index in [1.54, 1.807) is 32.2 Å². The maximum Gasteiger partial charge on any atom is 0.275 e. The van der Waals surface area contributed by atoms with Crippen molar-refractivity contribution in [3.63, 3.8) is 0 Å². The number of aryl methyl sites for hydroxylation is 1. The average molecular weight is 372 g/mol. The van der Waals surface area contributed by atoms with Gasteiger partial charge in [-0.1, -0.05) is 6.07 Å². The van der Waals surface area contributed by atoms with Crippen LogP contribution in [0.15, 0.2) is 53.6 Å². The van der Waals surface area contributed by atoms with Crippen LogP contribution in [0.2, 0.25) is 0 Å². The summed E-state index contributed by atoms with van der Waals surface area (Å²) in [6.07, 6.45) is 1.67. The third-order valence-corrected chi connectivity index (χ3v) is 5.42. The number of pyridine rings is 1. The predicted octanol–water partition coefficient (Wildman–Crippen LogP) is 2.58. The first-order valence-electron chi connectivity index (χ1n) is 8.15. The van der Waals surface area contributed by atoms with Crippen LogP contribution in [-0.2, 0) is 10.0 Å². The standard InChI is InChI=1S/C18H20N4O3S/c1-12(2)21-26(24,25)15-9-7-14(8-10-15)19-18(23)16-11-22-13(3)5-4-6-17(22)20-16/h4-12,21H,1-3H3,(H,19,23). The highest BCUT2D eigenvalue weighted by Gasteiger charge is 2.16. The molecule has 2 N–H and O–H groups in total. The quantitative estimate of drug-likeness (QED) is 0.720. The van der Waals surface area contributed by atoms with Crippen molar-refractivity contribution in [3.05, 3.63) is 60.0 Å². The van der Waals surface area contributed by atoms with Gasteiger partial charge >= 0.3 is 0 Å². The highest BCUT2D eigenvalue weighted by atomic mass is 32.2. The molecule has 0 bridgehead atoms. The lowest BCUT2D eigenvalue weighted by Crippen LogP contribution is -2.30. The van der Waals surface area contributed by atoms with Crippen LogP contribution in [-0.4, -0.2) is 29.8 Å². The molecule has 136 valence electrons. The van der Waals surface area contributed by atoms with Crippen molar-refractivity contribution >= 4 is 27.3 Å². The highest BCUT2D eigenvalue weighted by Crippen LogP contribution is 2.16. The normalized spacial score (nSPS) is 11.8. The summed E-state index contributed by atoms with van der Waals surface area (Å²) in [5, 5.41) is 2.73. The zero-order valence-electron chi connectivity index (χ0n) is 14.7. The molecule has 0 atom stereocenters. The van der Waals surface area contributed by atoms with Crippen LogP contribution in [0.3, 0.4) is 0 Å². The number of aromatic nitrogens is 2. The van der Waals surface area contributed by atoms with E-state index in [2.05, 4.69) is 15.0 Å². The molecule has 1 amide bonds. The van der Waals surface area contributed by atoms with Crippen LogP contribution in [0.1, 0.15) is 30.0 Å². The fourth-order valence-corrected chi connectivity index (χ4v) is 3.80. The third-order valence-electron chi connectivity index (χ3n) is 3.74. The van der Waals surface area contributed by atoms with E-state index in [9.17, 15) is 13.2 Å². The monoisotopic (exact) mass is 372 g/mol. The molecule has 0 unspecified atom stereocenters. The van der Waals surface area contributed by atoms with Gasteiger partial charge in [-0.3, -0.25) is 4.79 Å². The number of hydrogen-bond donors (Lipinski definition) is 2. The molecule has 0 aliphatic rings. The van der Waals surface area contributed by atoms with Crippen LogP contribution in [0.25, 0.3) is 5.65 Å². The molecule has 1 aromatic carbocycles. The Balaban J connectivity index is 1.78. The van der Waals surface area contributed by atoms with E-state index in [1.807, 2.05) is 29.5 Å². The first-order chi connectivity index (χ1) is 12.3. The van der Waals surface area contributed by atoms with Crippen LogP contribution in [0, 0.1) is 6.92 Å². The van der Waals surface area contributed by atoms with E-state index >= 15 is 0 Å². The molecule has 0 aliphatic heterocycles. The van der Waals surface area contributed by atoms with Gasteiger partial charge in [-0.2, -0.15) is 0 Å². The SMILES string of the molecule is Cc1cccc2nc(C(=O)Nc3ccc(S(=O)(=O)NC(C)C)cc3)cn12. The number of sulfonamides is 1. The Kier molecular flexibility index (Phi) is 4.80. The van der Waals surface area contributed by atoms with Crippen molar-refractivity contribution in [2.75, 3.05) is 5.32 Å². The second kappa shape index (κ2) is 6.89. The van der Waals surface area contributed by atoms with Gasteiger partial charge in [0.15, 0.2) is 0 Å². The molecule has 26 heavy (non-hydrogen) atoms. The van der Waals surface area contributed by atoms with Gasteiger partial charge < -0.3 is 9.72 Å². The van der Waals surface area contributed by atoms with E-state index in [1.165, 1.54) is 12.1 Å². The fraction of sp³-hybridized carbons (Fsp3) is 0.222. The number of carbonyl (C=O) groups excluding carboxylic acids is 1. The molecule has 2 aromatic heterocycles. The number of amides is 1. The van der Waals surface area contributed by atoms with Gasteiger partial charge in [0.25, 0.3) is 5.91 Å². The van der Waals surface area contributed by atoms with E-state index in [0.29, 0.717) is 11.3 Å². The molecule has 2 heterocycles. The number of imidazole rings is 1. The molecule has 0 radical (unpaired) electrons. The molecule has 0 fully saturated rings. The number of anilines is 1. The molecule has 7 nitrogen and oxygen atoms in total. The lowest BCUT2D eigenvalue weighted by molar-refractivity contribution is 0.102. The summed E-state index contributed by atoms with van der Waals surface area (Å²) in [5.41, 5.74) is 2.45. The Bertz CT molecular complexity index is 1050. The van der Waals surface area contributed by atoms with Crippen molar-refractivity contribution in [2.24, 2.45) is 0 Å². The van der Waals surface area contributed by atoms with Crippen LogP contribution >= 0.6 is 0 Å². The number of hydrogen-bond acceptors (Lipinski definition) is 4. The van der Waals surface area contributed by atoms with Crippen molar-refractivity contribution < 1.29 is 13.2 Å². The average Bonchev–Trinajstić information content (AvgIpc) is 3.00. The molecule has 3 aromatic rings. The van der Waals surface area contributed by atoms with E-state index in [-0.39, 0.29) is 22.5 Å². The lowest BCUT2D eigenvalue weighted by Gasteiger charge is -2.10. The summed E-state index contributed by atoms with van der Waals surface area (Å²) in [4.78, 5) is 16.9. The van der Waals surface area contributed by atoms with Crippen molar-refractivity contribution in [2.45, 2.75) is 31.7 Å². The Morgan fingerprint density at radius 1 is 1.12 bits per heavy atom. The molecule has 0 spiro atoms. The Morgan fingerprint density at radius 3 is 2.42 bits per heavy atom. The topological polar surface area (TPSA) is 92.6 Å². The number of rotatable bonds is 5. The van der Waals surface area contributed by atoms with Gasteiger partial charge in [0.05, 0.1) is 4.90 Å². The summed E-state index contributed by atoms with van der Waals surface area (Å²) in [6.45, 7) is 5.44. The smallest absolute Gasteiger partial charge is 0.275 e. The molecular weight excluding hydrogens is 352 g/mol. The molecule has 8 heteroatoms. The highest BCUT2D eigenvalue weighted by molar-refractivity contribution is 7.89. The van der Waals surface area contributed by atoms with E-state index in [0.717, 1.165) is 5.69 Å². The summed E-state index contributed by atoms with van der Waals surface area (Å²) < 4.78 is 28.6. The van der Waals surface area contributed by atoms with Gasteiger partial charge in [0.2, 0.25) is 10.0 Å². The predicted molar refractivity (Wildman–Crippen MR) is 99.8 cm³/mol.